The lowest BCUT2D eigenvalue weighted by molar-refractivity contribution is -0.261. The van der Waals surface area contributed by atoms with E-state index in [2.05, 4.69) is 0 Å². The third-order valence-corrected chi connectivity index (χ3v) is 9.53. The molecule has 35 heavy (non-hydrogen) atoms. The van der Waals surface area contributed by atoms with Gasteiger partial charge < -0.3 is 24.1 Å². The lowest BCUT2D eigenvalue weighted by Crippen LogP contribution is -2.73. The van der Waals surface area contributed by atoms with Crippen molar-refractivity contribution in [1.82, 2.24) is 0 Å². The van der Waals surface area contributed by atoms with Gasteiger partial charge in [0.1, 0.15) is 17.1 Å². The molecule has 0 bridgehead atoms. The van der Waals surface area contributed by atoms with E-state index < -0.39 is 75.4 Å². The third-order valence-electron chi connectivity index (χ3n) is 9.53. The van der Waals surface area contributed by atoms with Crippen molar-refractivity contribution in [2.24, 2.45) is 28.1 Å². The van der Waals surface area contributed by atoms with Gasteiger partial charge in [0.05, 0.1) is 24.0 Å². The second kappa shape index (κ2) is 6.82. The highest BCUT2D eigenvalue weighted by Gasteiger charge is 2.82. The Bertz CT molecular complexity index is 1130. The molecule has 0 spiro atoms. The molecule has 9 nitrogen and oxygen atoms in total. The fourth-order valence-electron chi connectivity index (χ4n) is 7.91. The largest absolute Gasteiger partial charge is 0.468 e. The second-order valence-corrected chi connectivity index (χ2v) is 11.7. The minimum atomic E-state index is -1.84. The van der Waals surface area contributed by atoms with Crippen LogP contribution in [0.15, 0.2) is 23.3 Å². The number of ketones is 1. The summed E-state index contributed by atoms with van der Waals surface area (Å²) >= 11 is 0. The number of aliphatic hydroxyl groups is 1. The molecule has 190 valence electrons. The topological polar surface area (TPSA) is 125 Å². The molecule has 3 heterocycles. The Balaban J connectivity index is 1.86. The van der Waals surface area contributed by atoms with Gasteiger partial charge in [-0.3, -0.25) is 14.4 Å². The lowest BCUT2D eigenvalue weighted by atomic mass is 9.38. The Kier molecular flexibility index (Phi) is 4.71. The molecule has 5 rings (SSSR count). The molecule has 0 aromatic rings. The zero-order valence-corrected chi connectivity index (χ0v) is 21.1. The highest BCUT2D eigenvalue weighted by atomic mass is 16.7. The molecule has 0 aromatic heterocycles. The van der Waals surface area contributed by atoms with Crippen LogP contribution in [0.2, 0.25) is 0 Å². The van der Waals surface area contributed by atoms with Crippen molar-refractivity contribution < 1.29 is 43.2 Å². The monoisotopic (exact) mass is 488 g/mol. The summed E-state index contributed by atoms with van der Waals surface area (Å²) in [5.41, 5.74) is -6.11. The van der Waals surface area contributed by atoms with Gasteiger partial charge in [-0.1, -0.05) is 13.0 Å². The molecule has 2 saturated heterocycles. The molecule has 1 N–H and O–H groups in total. The zero-order valence-electron chi connectivity index (χ0n) is 21.1. The maximum Gasteiger partial charge on any atom is 0.332 e. The van der Waals surface area contributed by atoms with Gasteiger partial charge in [-0.25, -0.2) is 4.79 Å². The quantitative estimate of drug-likeness (QED) is 0.335. The van der Waals surface area contributed by atoms with Crippen LogP contribution in [0.4, 0.5) is 0 Å². The summed E-state index contributed by atoms with van der Waals surface area (Å²) < 4.78 is 22.3. The van der Waals surface area contributed by atoms with Crippen LogP contribution >= 0.6 is 0 Å². The van der Waals surface area contributed by atoms with Crippen LogP contribution in [0.1, 0.15) is 54.4 Å². The molecule has 3 fully saturated rings. The van der Waals surface area contributed by atoms with Crippen LogP contribution in [-0.4, -0.2) is 59.5 Å². The number of esters is 3. The van der Waals surface area contributed by atoms with E-state index in [-0.39, 0.29) is 12.8 Å². The van der Waals surface area contributed by atoms with Crippen molar-refractivity contribution in [3.63, 3.8) is 0 Å². The molecule has 1 saturated carbocycles. The van der Waals surface area contributed by atoms with Crippen molar-refractivity contribution >= 4 is 23.7 Å². The van der Waals surface area contributed by atoms with Crippen LogP contribution in [0.5, 0.6) is 0 Å². The molecule has 0 radical (unpaired) electrons. The summed E-state index contributed by atoms with van der Waals surface area (Å²) in [6.07, 6.45) is 1.30. The summed E-state index contributed by atoms with van der Waals surface area (Å²) in [6.45, 7) is 10.0. The minimum Gasteiger partial charge on any atom is -0.468 e. The first kappa shape index (κ1) is 24.2. The predicted octanol–water partition coefficient (Wildman–Crippen LogP) is 2.01. The summed E-state index contributed by atoms with van der Waals surface area (Å²) in [7, 11) is 1.21. The Labute approximate surface area is 203 Å². The van der Waals surface area contributed by atoms with Crippen LogP contribution in [0.25, 0.3) is 0 Å². The lowest BCUT2D eigenvalue weighted by Gasteiger charge is -2.63. The number of hydrogen-bond donors (Lipinski definition) is 1. The van der Waals surface area contributed by atoms with Crippen molar-refractivity contribution in [3.8, 4) is 0 Å². The maximum atomic E-state index is 14.1. The first-order chi connectivity index (χ1) is 16.1. The standard InChI is InChI=1S/C26H32O9/c1-12-18(28)26(21(30)32-7)17-19(33-12)34-20(29)23(17,4)11-15-24(26,5)9-8-13-14(25(15,6)31)10-16(27)35-22(13,2)3/h8,10,12,15,17,19,31H,9,11H2,1-7H3/t12-,15-,17-,19-,23-,24+,25-,26+/m1/s1. The highest BCUT2D eigenvalue weighted by molar-refractivity contribution is 6.09. The number of carbonyl (C=O) groups is 4. The fourth-order valence-corrected chi connectivity index (χ4v) is 7.91. The number of fused-ring (bicyclic) bond motifs is 3. The Morgan fingerprint density at radius 3 is 2.40 bits per heavy atom. The number of allylic oxidation sites excluding steroid dienone is 1. The SMILES string of the molecule is COC(=O)[C@]12C(=O)[C@@H](C)O[C@@H]3OC(=O)[C@](C)(C[C@@H]4[C@]1(C)CC=C1C(=CC(=O)OC1(C)C)[C@@]4(C)O)[C@@H]32. The van der Waals surface area contributed by atoms with Gasteiger partial charge in [-0.05, 0) is 64.5 Å². The van der Waals surface area contributed by atoms with Gasteiger partial charge in [0.25, 0.3) is 0 Å². The van der Waals surface area contributed by atoms with Gasteiger partial charge in [-0.15, -0.1) is 0 Å². The Morgan fingerprint density at radius 1 is 1.11 bits per heavy atom. The summed E-state index contributed by atoms with van der Waals surface area (Å²) in [5.74, 6) is -4.18. The first-order valence-electron chi connectivity index (χ1n) is 12.0. The second-order valence-electron chi connectivity index (χ2n) is 11.7. The minimum absolute atomic E-state index is 0.119. The molecule has 0 aromatic carbocycles. The average molecular weight is 489 g/mol. The third kappa shape index (κ3) is 2.61. The maximum absolute atomic E-state index is 14.1. The Hall–Kier alpha value is -2.52. The van der Waals surface area contributed by atoms with Crippen LogP contribution in [0, 0.1) is 28.1 Å². The average Bonchev–Trinajstić information content (AvgIpc) is 2.95. The summed E-state index contributed by atoms with van der Waals surface area (Å²) in [5, 5.41) is 12.2. The molecule has 2 aliphatic carbocycles. The normalized spacial score (nSPS) is 47.7. The van der Waals surface area contributed by atoms with E-state index in [9.17, 15) is 24.3 Å². The smallest absolute Gasteiger partial charge is 0.332 e. The van der Waals surface area contributed by atoms with Crippen molar-refractivity contribution in [1.29, 1.82) is 0 Å². The van der Waals surface area contributed by atoms with Crippen molar-refractivity contribution in [2.75, 3.05) is 7.11 Å². The Morgan fingerprint density at radius 2 is 1.77 bits per heavy atom. The molecule has 0 amide bonds. The molecular formula is C26H32O9. The van der Waals surface area contributed by atoms with Crippen LogP contribution in [0.3, 0.4) is 0 Å². The number of hydrogen-bond acceptors (Lipinski definition) is 9. The van der Waals surface area contributed by atoms with Gasteiger partial charge in [0, 0.05) is 11.5 Å². The zero-order chi connectivity index (χ0) is 25.9. The number of cyclic esters (lactones) is 1. The number of methoxy groups -OCH3 is 1. The molecule has 8 atom stereocenters. The van der Waals surface area contributed by atoms with Gasteiger partial charge in [0.15, 0.2) is 5.78 Å². The van der Waals surface area contributed by atoms with Crippen molar-refractivity contribution in [2.45, 2.75) is 78.0 Å². The van der Waals surface area contributed by atoms with Gasteiger partial charge >= 0.3 is 17.9 Å². The van der Waals surface area contributed by atoms with E-state index in [1.54, 1.807) is 34.6 Å². The molecule has 9 heteroatoms. The van der Waals surface area contributed by atoms with Gasteiger partial charge in [0.2, 0.25) is 6.29 Å². The number of carbonyl (C=O) groups excluding carboxylic acids is 4. The van der Waals surface area contributed by atoms with Crippen molar-refractivity contribution in [3.05, 3.63) is 23.3 Å². The number of rotatable bonds is 1. The van der Waals surface area contributed by atoms with Gasteiger partial charge in [-0.2, -0.15) is 0 Å². The van der Waals surface area contributed by atoms with E-state index in [4.69, 9.17) is 18.9 Å². The van der Waals surface area contributed by atoms with Crippen LogP contribution in [-0.2, 0) is 38.1 Å². The van der Waals surface area contributed by atoms with Crippen LogP contribution < -0.4 is 0 Å². The van der Waals surface area contributed by atoms with E-state index in [0.29, 0.717) is 11.1 Å². The number of ether oxygens (including phenoxy) is 4. The predicted molar refractivity (Wildman–Crippen MR) is 119 cm³/mol. The fraction of sp³-hybridized carbons (Fsp3) is 0.692. The number of Topliss-reactive ketones (excluding diaryl/α,β-unsaturated/α-hetero) is 1. The highest BCUT2D eigenvalue weighted by Crippen LogP contribution is 2.73. The summed E-state index contributed by atoms with van der Waals surface area (Å²) in [4.78, 5) is 53.8. The van der Waals surface area contributed by atoms with E-state index in [1.807, 2.05) is 6.08 Å². The molecular weight excluding hydrogens is 456 g/mol. The van der Waals surface area contributed by atoms with E-state index in [0.717, 1.165) is 0 Å². The molecule has 0 unspecified atom stereocenters. The van der Waals surface area contributed by atoms with E-state index in [1.165, 1.54) is 20.1 Å². The summed E-state index contributed by atoms with van der Waals surface area (Å²) in [6, 6.07) is 0. The molecule has 5 aliphatic rings. The van der Waals surface area contributed by atoms with E-state index >= 15 is 0 Å². The molecule has 3 aliphatic heterocycles. The first-order valence-corrected chi connectivity index (χ1v) is 12.0.